The molecule has 3 fully saturated rings. The van der Waals surface area contributed by atoms with Gasteiger partial charge in [0.15, 0.2) is 0 Å². The normalized spacial score (nSPS) is 30.4. The molecule has 0 spiro atoms. The first kappa shape index (κ1) is 15.1. The summed E-state index contributed by atoms with van der Waals surface area (Å²) < 4.78 is 5.39. The van der Waals surface area contributed by atoms with Crippen molar-refractivity contribution in [1.29, 1.82) is 0 Å². The van der Waals surface area contributed by atoms with Gasteiger partial charge in [0, 0.05) is 26.2 Å². The third kappa shape index (κ3) is 2.67. The largest absolute Gasteiger partial charge is 0.390 e. The molecule has 1 amide bonds. The van der Waals surface area contributed by atoms with Crippen LogP contribution in [0.4, 0.5) is 0 Å². The minimum Gasteiger partial charge on any atom is -0.390 e. The average Bonchev–Trinajstić information content (AvgIpc) is 3.33. The maximum Gasteiger partial charge on any atom is 0.233 e. The van der Waals surface area contributed by atoms with E-state index in [0.717, 1.165) is 31.5 Å². The van der Waals surface area contributed by atoms with Gasteiger partial charge in [-0.1, -0.05) is 30.3 Å². The summed E-state index contributed by atoms with van der Waals surface area (Å²) in [6, 6.07) is 10.1. The molecule has 4 rings (SSSR count). The number of likely N-dealkylation sites (tertiary alicyclic amines) is 1. The zero-order chi connectivity index (χ0) is 15.9. The predicted molar refractivity (Wildman–Crippen MR) is 86.1 cm³/mol. The quantitative estimate of drug-likeness (QED) is 0.888. The number of rotatable bonds is 3. The van der Waals surface area contributed by atoms with Crippen molar-refractivity contribution in [3.63, 3.8) is 0 Å². The van der Waals surface area contributed by atoms with Crippen molar-refractivity contribution in [3.05, 3.63) is 35.9 Å². The molecule has 2 aliphatic heterocycles. The lowest BCUT2D eigenvalue weighted by atomic mass is 9.94. The Morgan fingerprint density at radius 3 is 2.48 bits per heavy atom. The highest BCUT2D eigenvalue weighted by atomic mass is 16.5. The molecular formula is C18H24N2O3. The second-order valence-electron chi connectivity index (χ2n) is 6.94. The molecular weight excluding hydrogens is 292 g/mol. The molecule has 2 heterocycles. The van der Waals surface area contributed by atoms with Gasteiger partial charge in [-0.3, -0.25) is 9.69 Å². The predicted octanol–water partition coefficient (Wildman–Crippen LogP) is 0.622. The molecule has 1 saturated carbocycles. The molecule has 0 aromatic heterocycles. The van der Waals surface area contributed by atoms with Crippen molar-refractivity contribution < 1.29 is 14.6 Å². The van der Waals surface area contributed by atoms with Crippen LogP contribution in [0.25, 0.3) is 0 Å². The molecule has 23 heavy (non-hydrogen) atoms. The number of amides is 1. The summed E-state index contributed by atoms with van der Waals surface area (Å²) in [7, 11) is 0. The van der Waals surface area contributed by atoms with E-state index in [4.69, 9.17) is 4.74 Å². The summed E-state index contributed by atoms with van der Waals surface area (Å²) in [5.41, 5.74) is 0.787. The van der Waals surface area contributed by atoms with Gasteiger partial charge in [0.05, 0.1) is 30.8 Å². The Bertz CT molecular complexity index is 567. The first-order valence-electron chi connectivity index (χ1n) is 8.55. The van der Waals surface area contributed by atoms with Crippen LogP contribution in [0.15, 0.2) is 30.3 Å². The van der Waals surface area contributed by atoms with E-state index in [1.165, 1.54) is 0 Å². The standard InChI is InChI=1S/C18H24N2O3/c21-16-13-20(12-15(16)19-8-10-23-11-9-19)17(22)18(6-7-18)14-4-2-1-3-5-14/h1-5,15-16,21H,6-13H2/t15-,16-/m1/s1. The topological polar surface area (TPSA) is 53.0 Å². The lowest BCUT2D eigenvalue weighted by Crippen LogP contribution is -2.49. The lowest BCUT2D eigenvalue weighted by molar-refractivity contribution is -0.133. The molecule has 3 aliphatic rings. The Morgan fingerprint density at radius 1 is 1.13 bits per heavy atom. The smallest absolute Gasteiger partial charge is 0.233 e. The van der Waals surface area contributed by atoms with Gasteiger partial charge in [-0.2, -0.15) is 0 Å². The number of nitrogens with zero attached hydrogens (tertiary/aromatic N) is 2. The zero-order valence-electron chi connectivity index (χ0n) is 13.4. The minimum absolute atomic E-state index is 0.0504. The summed E-state index contributed by atoms with van der Waals surface area (Å²) >= 11 is 0. The Kier molecular flexibility index (Phi) is 3.87. The van der Waals surface area contributed by atoms with Crippen LogP contribution in [0.3, 0.4) is 0 Å². The molecule has 0 bridgehead atoms. The molecule has 1 aliphatic carbocycles. The number of carbonyl (C=O) groups is 1. The summed E-state index contributed by atoms with van der Waals surface area (Å²) in [5, 5.41) is 10.4. The van der Waals surface area contributed by atoms with E-state index in [1.54, 1.807) is 0 Å². The van der Waals surface area contributed by atoms with Crippen LogP contribution in [0, 0.1) is 0 Å². The van der Waals surface area contributed by atoms with Crippen LogP contribution < -0.4 is 0 Å². The molecule has 1 aromatic carbocycles. The number of hydrogen-bond acceptors (Lipinski definition) is 4. The van der Waals surface area contributed by atoms with E-state index in [0.29, 0.717) is 26.3 Å². The van der Waals surface area contributed by atoms with Gasteiger partial charge in [-0.15, -0.1) is 0 Å². The number of β-amino-alcohol motifs (C(OH)–C–C–N with tert-alkyl or cyclic N) is 1. The minimum atomic E-state index is -0.455. The zero-order valence-corrected chi connectivity index (χ0v) is 13.4. The van der Waals surface area contributed by atoms with E-state index in [2.05, 4.69) is 17.0 Å². The van der Waals surface area contributed by atoms with Crippen molar-refractivity contribution in [1.82, 2.24) is 9.80 Å². The van der Waals surface area contributed by atoms with Gasteiger partial charge < -0.3 is 14.7 Å². The molecule has 1 N–H and O–H groups in total. The molecule has 2 atom stereocenters. The molecule has 2 saturated heterocycles. The Morgan fingerprint density at radius 2 is 1.83 bits per heavy atom. The van der Waals surface area contributed by atoms with Crippen LogP contribution in [0.1, 0.15) is 18.4 Å². The molecule has 1 aromatic rings. The first-order chi connectivity index (χ1) is 11.2. The van der Waals surface area contributed by atoms with Gasteiger partial charge >= 0.3 is 0 Å². The molecule has 0 radical (unpaired) electrons. The van der Waals surface area contributed by atoms with Crippen molar-refractivity contribution >= 4 is 5.91 Å². The molecule has 5 nitrogen and oxygen atoms in total. The number of morpholine rings is 1. The fourth-order valence-corrected chi connectivity index (χ4v) is 4.01. The average molecular weight is 316 g/mol. The lowest BCUT2D eigenvalue weighted by Gasteiger charge is -2.33. The van der Waals surface area contributed by atoms with E-state index < -0.39 is 6.10 Å². The Hall–Kier alpha value is -1.43. The van der Waals surface area contributed by atoms with E-state index >= 15 is 0 Å². The monoisotopic (exact) mass is 316 g/mol. The Balaban J connectivity index is 1.48. The van der Waals surface area contributed by atoms with E-state index in [1.807, 2.05) is 23.1 Å². The first-order valence-corrected chi connectivity index (χ1v) is 8.55. The maximum absolute atomic E-state index is 13.1. The van der Waals surface area contributed by atoms with Gasteiger partial charge in [-0.05, 0) is 18.4 Å². The van der Waals surface area contributed by atoms with Gasteiger partial charge in [0.25, 0.3) is 0 Å². The second kappa shape index (κ2) is 5.89. The van der Waals surface area contributed by atoms with Crippen LogP contribution >= 0.6 is 0 Å². The second-order valence-corrected chi connectivity index (χ2v) is 6.94. The van der Waals surface area contributed by atoms with Gasteiger partial charge in [-0.25, -0.2) is 0 Å². The van der Waals surface area contributed by atoms with Crippen LogP contribution in [-0.2, 0) is 14.9 Å². The number of ether oxygens (including phenoxy) is 1. The highest BCUT2D eigenvalue weighted by molar-refractivity contribution is 5.91. The number of hydrogen-bond donors (Lipinski definition) is 1. The molecule has 0 unspecified atom stereocenters. The van der Waals surface area contributed by atoms with Crippen molar-refractivity contribution in [2.75, 3.05) is 39.4 Å². The van der Waals surface area contributed by atoms with Gasteiger partial charge in [0.2, 0.25) is 5.91 Å². The number of carbonyl (C=O) groups excluding carboxylic acids is 1. The third-order valence-corrected chi connectivity index (χ3v) is 5.55. The highest BCUT2D eigenvalue weighted by Gasteiger charge is 2.54. The number of aliphatic hydroxyl groups is 1. The molecule has 5 heteroatoms. The highest BCUT2D eigenvalue weighted by Crippen LogP contribution is 2.50. The van der Waals surface area contributed by atoms with Crippen LogP contribution in [0.5, 0.6) is 0 Å². The SMILES string of the molecule is O=C(N1C[C@@H](O)[C@H](N2CCOCC2)C1)C1(c2ccccc2)CC1. The van der Waals surface area contributed by atoms with Crippen LogP contribution in [-0.4, -0.2) is 72.4 Å². The van der Waals surface area contributed by atoms with Crippen molar-refractivity contribution in [2.24, 2.45) is 0 Å². The summed E-state index contributed by atoms with van der Waals surface area (Å²) in [4.78, 5) is 17.2. The summed E-state index contributed by atoms with van der Waals surface area (Å²) in [6.07, 6.45) is 1.39. The Labute approximate surface area is 136 Å². The van der Waals surface area contributed by atoms with E-state index in [-0.39, 0.29) is 17.4 Å². The number of benzene rings is 1. The number of aliphatic hydroxyl groups excluding tert-OH is 1. The summed E-state index contributed by atoms with van der Waals surface area (Å²) in [6.45, 7) is 4.20. The maximum atomic E-state index is 13.1. The van der Waals surface area contributed by atoms with Crippen molar-refractivity contribution in [2.45, 2.75) is 30.4 Å². The fourth-order valence-electron chi connectivity index (χ4n) is 4.01. The van der Waals surface area contributed by atoms with Gasteiger partial charge in [0.1, 0.15) is 0 Å². The summed E-state index contributed by atoms with van der Waals surface area (Å²) in [5.74, 6) is 0.193. The molecule has 124 valence electrons. The van der Waals surface area contributed by atoms with E-state index in [9.17, 15) is 9.90 Å². The van der Waals surface area contributed by atoms with Crippen LogP contribution in [0.2, 0.25) is 0 Å². The fraction of sp³-hybridized carbons (Fsp3) is 0.611. The van der Waals surface area contributed by atoms with Crippen molar-refractivity contribution in [3.8, 4) is 0 Å². The third-order valence-electron chi connectivity index (χ3n) is 5.55.